The van der Waals surface area contributed by atoms with Gasteiger partial charge in [0.2, 0.25) is 0 Å². The Morgan fingerprint density at radius 1 is 1.00 bits per heavy atom. The van der Waals surface area contributed by atoms with E-state index in [2.05, 4.69) is 11.5 Å². The van der Waals surface area contributed by atoms with Crippen molar-refractivity contribution in [2.45, 2.75) is 0 Å². The molecule has 8 heteroatoms. The van der Waals surface area contributed by atoms with Crippen molar-refractivity contribution in [3.8, 4) is 0 Å². The average molecular weight is 172 g/mol. The minimum atomic E-state index is -1.33. The Labute approximate surface area is 61.1 Å². The molecule has 0 aliphatic carbocycles. The third-order valence-corrected chi connectivity index (χ3v) is 0. The van der Waals surface area contributed by atoms with Crippen LogP contribution in [0.2, 0.25) is 0 Å². The number of carboxylic acid groups (broad SMARTS) is 2. The molecule has 0 atom stereocenters. The zero-order valence-corrected chi connectivity index (χ0v) is 5.77. The van der Waals surface area contributed by atoms with Crippen molar-refractivity contribution in [1.82, 2.24) is 0 Å². The Morgan fingerprint density at radius 2 is 1.00 bits per heavy atom. The summed E-state index contributed by atoms with van der Waals surface area (Å²) < 4.78 is 8.06. The van der Waals surface area contributed by atoms with Gasteiger partial charge in [0.1, 0.15) is 0 Å². The van der Waals surface area contributed by atoms with Crippen LogP contribution in [0.4, 0.5) is 9.59 Å². The van der Waals surface area contributed by atoms with Gasteiger partial charge in [-0.2, -0.15) is 0 Å². The van der Waals surface area contributed by atoms with Crippen LogP contribution in [0.3, 0.4) is 0 Å². The topological polar surface area (TPSA) is 144 Å². The smallest absolute Gasteiger partial charge is 0.402 e. The molecule has 0 fully saturated rings. The molecule has 0 aliphatic rings. The van der Waals surface area contributed by atoms with E-state index in [1.54, 1.807) is 12.5 Å². The summed E-state index contributed by atoms with van der Waals surface area (Å²) in [6.45, 7) is 0. The fourth-order valence-electron chi connectivity index (χ4n) is 0. The van der Waals surface area contributed by atoms with Crippen molar-refractivity contribution >= 4 is 24.7 Å². The molecule has 10 heavy (non-hydrogen) atoms. The Bertz CT molecular complexity index is 85.8. The van der Waals surface area contributed by atoms with E-state index in [1.165, 1.54) is 0 Å². The van der Waals surface area contributed by atoms with E-state index in [-0.39, 0.29) is 0 Å². The Morgan fingerprint density at radius 3 is 1.00 bits per heavy atom. The SMILES string of the molecule is NC(=O)O.NC(=O)O.O=[SH2]. The lowest BCUT2D eigenvalue weighted by Crippen LogP contribution is -2.03. The maximum Gasteiger partial charge on any atom is 0.402 e. The molecule has 7 nitrogen and oxygen atoms in total. The van der Waals surface area contributed by atoms with Gasteiger partial charge in [-0.25, -0.2) is 9.59 Å². The maximum absolute atomic E-state index is 8.78. The second kappa shape index (κ2) is 15.6. The molecular weight excluding hydrogens is 164 g/mol. The number of hydrogen-bond acceptors (Lipinski definition) is 3. The Hall–Kier alpha value is -1.31. The zero-order valence-electron chi connectivity index (χ0n) is 4.77. The third kappa shape index (κ3) is 126. The van der Waals surface area contributed by atoms with Gasteiger partial charge < -0.3 is 21.7 Å². The highest BCUT2D eigenvalue weighted by Crippen LogP contribution is 1.35. The van der Waals surface area contributed by atoms with Gasteiger partial charge in [-0.15, -0.1) is 0 Å². The molecule has 0 saturated carbocycles. The summed E-state index contributed by atoms with van der Waals surface area (Å²) in [5.41, 5.74) is 8.06. The third-order valence-electron chi connectivity index (χ3n) is 0. The molecule has 0 saturated heterocycles. The molecule has 0 rings (SSSR count). The van der Waals surface area contributed by atoms with Crippen LogP contribution in [0.5, 0.6) is 0 Å². The van der Waals surface area contributed by atoms with Crippen LogP contribution in [-0.4, -0.2) is 26.6 Å². The standard InChI is InChI=1S/2CH3NO2.H2OS/c2*2-1(3)4;1-2/h2*2H2,(H,3,4);2H2. The minimum Gasteiger partial charge on any atom is -0.465 e. The van der Waals surface area contributed by atoms with Gasteiger partial charge in [0, 0.05) is 0 Å². The van der Waals surface area contributed by atoms with E-state index in [9.17, 15) is 0 Å². The minimum absolute atomic E-state index is 1.33. The van der Waals surface area contributed by atoms with Gasteiger partial charge in [-0.3, -0.25) is 4.21 Å². The van der Waals surface area contributed by atoms with Crippen molar-refractivity contribution < 1.29 is 24.0 Å². The molecule has 0 aromatic heterocycles. The lowest BCUT2D eigenvalue weighted by atomic mass is 11.3. The van der Waals surface area contributed by atoms with Gasteiger partial charge in [-0.05, 0) is 12.5 Å². The van der Waals surface area contributed by atoms with Crippen LogP contribution >= 0.6 is 0 Å². The lowest BCUT2D eigenvalue weighted by molar-refractivity contribution is 0.204. The quantitative estimate of drug-likeness (QED) is 0.347. The average Bonchev–Trinajstić information content (AvgIpc) is 1.66. The summed E-state index contributed by atoms with van der Waals surface area (Å²) in [4.78, 5) is 17.6. The maximum atomic E-state index is 8.78. The number of nitrogens with two attached hydrogens (primary N) is 2. The second-order valence-corrected chi connectivity index (χ2v) is 0.676. The first-order valence-electron chi connectivity index (χ1n) is 1.64. The first kappa shape index (κ1) is 15.9. The molecule has 0 aliphatic heterocycles. The summed E-state index contributed by atoms with van der Waals surface area (Å²) in [5, 5.41) is 14.4. The van der Waals surface area contributed by atoms with E-state index in [4.69, 9.17) is 24.0 Å². The highest BCUT2D eigenvalue weighted by atomic mass is 32.1. The number of hydrogen-bond donors (Lipinski definition) is 4. The molecule has 6 N–H and O–H groups in total. The fourth-order valence-corrected chi connectivity index (χ4v) is 0. The van der Waals surface area contributed by atoms with E-state index < -0.39 is 12.2 Å². The lowest BCUT2D eigenvalue weighted by Gasteiger charge is -1.61. The largest absolute Gasteiger partial charge is 0.465 e. The van der Waals surface area contributed by atoms with Crippen molar-refractivity contribution in [3.63, 3.8) is 0 Å². The van der Waals surface area contributed by atoms with Crippen molar-refractivity contribution in [1.29, 1.82) is 0 Å². The summed E-state index contributed by atoms with van der Waals surface area (Å²) in [6.07, 6.45) is -2.67. The normalized spacial score (nSPS) is 5.30. The van der Waals surface area contributed by atoms with Gasteiger partial charge in [0.25, 0.3) is 0 Å². The van der Waals surface area contributed by atoms with Gasteiger partial charge >= 0.3 is 12.2 Å². The molecule has 62 valence electrons. The molecular formula is C2H8N2O5S. The first-order valence-corrected chi connectivity index (χ1v) is 2.05. The highest BCUT2D eigenvalue weighted by molar-refractivity contribution is 7.44. The number of carbonyl (C=O) groups is 2. The fraction of sp³-hybridized carbons (Fsp3) is 0. The first-order chi connectivity index (χ1) is 4.46. The Balaban J connectivity index is -0.0000000787. The molecule has 0 heterocycles. The molecule has 0 unspecified atom stereocenters. The van der Waals surface area contributed by atoms with E-state index in [1.807, 2.05) is 0 Å². The summed E-state index contributed by atoms with van der Waals surface area (Å²) in [7, 11) is 0. The van der Waals surface area contributed by atoms with Crippen molar-refractivity contribution in [2.24, 2.45) is 11.5 Å². The summed E-state index contributed by atoms with van der Waals surface area (Å²) in [6, 6.07) is 0. The van der Waals surface area contributed by atoms with E-state index in [0.717, 1.165) is 0 Å². The van der Waals surface area contributed by atoms with Crippen LogP contribution < -0.4 is 11.5 Å². The second-order valence-electron chi connectivity index (χ2n) is 0.676. The van der Waals surface area contributed by atoms with Gasteiger partial charge in [0.15, 0.2) is 0 Å². The molecule has 2 amide bonds. The van der Waals surface area contributed by atoms with Crippen molar-refractivity contribution in [3.05, 3.63) is 0 Å². The van der Waals surface area contributed by atoms with Crippen LogP contribution in [-0.2, 0) is 12.5 Å². The van der Waals surface area contributed by atoms with Crippen molar-refractivity contribution in [2.75, 3.05) is 0 Å². The van der Waals surface area contributed by atoms with Crippen LogP contribution in [0.25, 0.3) is 0 Å². The highest BCUT2D eigenvalue weighted by Gasteiger charge is 1.65. The number of rotatable bonds is 0. The van der Waals surface area contributed by atoms with Crippen LogP contribution in [0.1, 0.15) is 0 Å². The monoisotopic (exact) mass is 172 g/mol. The number of amides is 2. The summed E-state index contributed by atoms with van der Waals surface area (Å²) >= 11 is 1.72. The van der Waals surface area contributed by atoms with E-state index >= 15 is 0 Å². The van der Waals surface area contributed by atoms with Gasteiger partial charge in [0.05, 0.1) is 0 Å². The molecule has 0 aromatic rings. The predicted octanol–water partition coefficient (Wildman–Crippen LogP) is -1.63. The zero-order chi connectivity index (χ0) is 9.15. The molecule has 0 aromatic carbocycles. The van der Waals surface area contributed by atoms with Gasteiger partial charge in [-0.1, -0.05) is 0 Å². The molecule has 0 radical (unpaired) electrons. The Kier molecular flexibility index (Phi) is 24.8. The van der Waals surface area contributed by atoms with Crippen LogP contribution in [0.15, 0.2) is 0 Å². The molecule has 0 spiro atoms. The predicted molar refractivity (Wildman–Crippen MR) is 35.4 cm³/mol. The summed E-state index contributed by atoms with van der Waals surface area (Å²) in [5.74, 6) is 0. The van der Waals surface area contributed by atoms with Crippen LogP contribution in [0, 0.1) is 0 Å². The van der Waals surface area contributed by atoms with E-state index in [0.29, 0.717) is 0 Å². The number of primary amides is 2. The molecule has 0 bridgehead atoms.